The van der Waals surface area contributed by atoms with Gasteiger partial charge in [0.15, 0.2) is 11.6 Å². The molecule has 0 radical (unpaired) electrons. The molecule has 25 heavy (non-hydrogen) atoms. The molecule has 0 spiro atoms. The lowest BCUT2D eigenvalue weighted by atomic mass is 10.1. The molecule has 0 bridgehead atoms. The molecule has 7 nitrogen and oxygen atoms in total. The molecule has 130 valence electrons. The van der Waals surface area contributed by atoms with Crippen LogP contribution in [-0.2, 0) is 4.79 Å². The Morgan fingerprint density at radius 1 is 1.04 bits per heavy atom. The Morgan fingerprint density at radius 2 is 1.80 bits per heavy atom. The van der Waals surface area contributed by atoms with E-state index >= 15 is 0 Å². The number of nitrogens with one attached hydrogen (secondary N) is 1. The van der Waals surface area contributed by atoms with E-state index in [0.717, 1.165) is 36.4 Å². The van der Waals surface area contributed by atoms with Gasteiger partial charge in [-0.15, -0.1) is 10.2 Å². The van der Waals surface area contributed by atoms with Crippen LogP contribution in [0.25, 0.3) is 0 Å². The summed E-state index contributed by atoms with van der Waals surface area (Å²) in [6.07, 6.45) is 0.869. The second-order valence-electron chi connectivity index (χ2n) is 6.16. The smallest absolute Gasteiger partial charge is 0.256 e. The van der Waals surface area contributed by atoms with Crippen molar-refractivity contribution in [1.82, 2.24) is 15.1 Å². The van der Waals surface area contributed by atoms with Crippen molar-refractivity contribution >= 4 is 24.0 Å². The molecular weight excluding hydrogens is 318 g/mol. The maximum Gasteiger partial charge on any atom is 0.256 e. The van der Waals surface area contributed by atoms with Gasteiger partial charge in [-0.25, -0.2) is 0 Å². The number of carbonyl (C=O) groups is 2. The molecule has 1 aliphatic heterocycles. The van der Waals surface area contributed by atoms with E-state index in [-0.39, 0.29) is 5.91 Å². The first-order valence-electron chi connectivity index (χ1n) is 8.23. The van der Waals surface area contributed by atoms with Gasteiger partial charge in [-0.3, -0.25) is 9.59 Å². The lowest BCUT2D eigenvalue weighted by Crippen LogP contribution is -2.46. The fourth-order valence-corrected chi connectivity index (χ4v) is 2.69. The van der Waals surface area contributed by atoms with Crippen molar-refractivity contribution in [2.75, 3.05) is 36.4 Å². The van der Waals surface area contributed by atoms with Crippen molar-refractivity contribution < 1.29 is 9.59 Å². The highest BCUT2D eigenvalue weighted by atomic mass is 16.1. The number of aromatic nitrogens is 2. The monoisotopic (exact) mass is 339 g/mol. The normalized spacial score (nSPS) is 14.3. The van der Waals surface area contributed by atoms with E-state index in [2.05, 4.69) is 20.4 Å². The first-order chi connectivity index (χ1) is 12.1. The van der Waals surface area contributed by atoms with Gasteiger partial charge in [0, 0.05) is 31.7 Å². The highest BCUT2D eigenvalue weighted by Crippen LogP contribution is 2.15. The van der Waals surface area contributed by atoms with Gasteiger partial charge in [0.1, 0.15) is 0 Å². The maximum absolute atomic E-state index is 12.3. The number of anilines is 2. The van der Waals surface area contributed by atoms with E-state index in [4.69, 9.17) is 0 Å². The van der Waals surface area contributed by atoms with Crippen LogP contribution in [0.3, 0.4) is 0 Å². The molecular formula is C18H21N5O2. The zero-order valence-electron chi connectivity index (χ0n) is 14.4. The van der Waals surface area contributed by atoms with Crippen molar-refractivity contribution in [1.29, 1.82) is 0 Å². The third-order valence-corrected chi connectivity index (χ3v) is 4.45. The summed E-state index contributed by atoms with van der Waals surface area (Å²) in [4.78, 5) is 26.9. The fraction of sp³-hybridized carbons (Fsp3) is 0.333. The van der Waals surface area contributed by atoms with Crippen LogP contribution in [0.4, 0.5) is 11.6 Å². The molecule has 7 heteroatoms. The van der Waals surface area contributed by atoms with Gasteiger partial charge >= 0.3 is 0 Å². The molecule has 0 unspecified atom stereocenters. The Hall–Kier alpha value is -2.96. The standard InChI is InChI=1S/C18H21N5O2/c1-13-3-4-15(11-14(13)2)18(25)19-16-5-6-17(21-20-16)23-9-7-22(12-24)8-10-23/h3-6,11-12H,7-10H2,1-2H3,(H,19,20,25). The predicted molar refractivity (Wildman–Crippen MR) is 95.8 cm³/mol. The molecule has 1 aliphatic rings. The number of carbonyl (C=O) groups excluding carboxylic acids is 2. The molecule has 0 atom stereocenters. The largest absolute Gasteiger partial charge is 0.352 e. The Labute approximate surface area is 146 Å². The van der Waals surface area contributed by atoms with Crippen molar-refractivity contribution in [3.05, 3.63) is 47.0 Å². The Bertz CT molecular complexity index is 768. The number of aryl methyl sites for hydroxylation is 2. The van der Waals surface area contributed by atoms with Crippen LogP contribution in [0.5, 0.6) is 0 Å². The molecule has 0 saturated carbocycles. The number of hydrogen-bond donors (Lipinski definition) is 1. The zero-order valence-corrected chi connectivity index (χ0v) is 14.4. The lowest BCUT2D eigenvalue weighted by molar-refractivity contribution is -0.118. The Kier molecular flexibility index (Phi) is 4.92. The fourth-order valence-electron chi connectivity index (χ4n) is 2.69. The van der Waals surface area contributed by atoms with Gasteiger partial charge in [-0.1, -0.05) is 6.07 Å². The van der Waals surface area contributed by atoms with Gasteiger partial charge in [0.25, 0.3) is 5.91 Å². The summed E-state index contributed by atoms with van der Waals surface area (Å²) in [5, 5.41) is 11.0. The van der Waals surface area contributed by atoms with Gasteiger partial charge in [0.2, 0.25) is 6.41 Å². The second-order valence-corrected chi connectivity index (χ2v) is 6.16. The third-order valence-electron chi connectivity index (χ3n) is 4.45. The summed E-state index contributed by atoms with van der Waals surface area (Å²) in [5.74, 6) is 0.956. The van der Waals surface area contributed by atoms with Crippen molar-refractivity contribution in [3.63, 3.8) is 0 Å². The summed E-state index contributed by atoms with van der Waals surface area (Å²) in [6, 6.07) is 9.16. The first-order valence-corrected chi connectivity index (χ1v) is 8.23. The summed E-state index contributed by atoms with van der Waals surface area (Å²) in [7, 11) is 0. The van der Waals surface area contributed by atoms with Crippen LogP contribution in [0.15, 0.2) is 30.3 Å². The average molecular weight is 339 g/mol. The average Bonchev–Trinajstić information content (AvgIpc) is 2.64. The van der Waals surface area contributed by atoms with E-state index in [1.54, 1.807) is 17.0 Å². The Morgan fingerprint density at radius 3 is 2.40 bits per heavy atom. The van der Waals surface area contributed by atoms with E-state index in [1.165, 1.54) is 0 Å². The van der Waals surface area contributed by atoms with Crippen LogP contribution in [0, 0.1) is 13.8 Å². The third kappa shape index (κ3) is 3.93. The molecule has 2 heterocycles. The Balaban J connectivity index is 1.63. The topological polar surface area (TPSA) is 78.4 Å². The highest BCUT2D eigenvalue weighted by Gasteiger charge is 2.17. The summed E-state index contributed by atoms with van der Waals surface area (Å²) in [5.41, 5.74) is 2.82. The minimum atomic E-state index is -0.204. The number of benzene rings is 1. The number of hydrogen-bond acceptors (Lipinski definition) is 5. The van der Waals surface area contributed by atoms with Crippen molar-refractivity contribution in [2.45, 2.75) is 13.8 Å². The number of amides is 2. The molecule has 1 aromatic heterocycles. The lowest BCUT2D eigenvalue weighted by Gasteiger charge is -2.32. The van der Waals surface area contributed by atoms with Gasteiger partial charge in [0.05, 0.1) is 0 Å². The molecule has 0 aliphatic carbocycles. The molecule has 1 N–H and O–H groups in total. The minimum absolute atomic E-state index is 0.204. The molecule has 2 amide bonds. The van der Waals surface area contributed by atoms with Crippen LogP contribution in [-0.4, -0.2) is 53.6 Å². The van der Waals surface area contributed by atoms with Crippen LogP contribution in [0.2, 0.25) is 0 Å². The van der Waals surface area contributed by atoms with Crippen LogP contribution < -0.4 is 10.2 Å². The maximum atomic E-state index is 12.3. The quantitative estimate of drug-likeness (QED) is 0.857. The zero-order chi connectivity index (χ0) is 17.8. The summed E-state index contributed by atoms with van der Waals surface area (Å²) < 4.78 is 0. The molecule has 1 saturated heterocycles. The van der Waals surface area contributed by atoms with Crippen LogP contribution in [0.1, 0.15) is 21.5 Å². The molecule has 1 fully saturated rings. The van der Waals surface area contributed by atoms with Gasteiger partial charge < -0.3 is 15.1 Å². The van der Waals surface area contributed by atoms with E-state index in [1.807, 2.05) is 32.0 Å². The van der Waals surface area contributed by atoms with E-state index in [0.29, 0.717) is 24.5 Å². The van der Waals surface area contributed by atoms with Crippen LogP contribution >= 0.6 is 0 Å². The number of nitrogens with zero attached hydrogens (tertiary/aromatic N) is 4. The van der Waals surface area contributed by atoms with Gasteiger partial charge in [-0.05, 0) is 49.2 Å². The predicted octanol–water partition coefficient (Wildman–Crippen LogP) is 1.62. The molecule has 1 aromatic carbocycles. The SMILES string of the molecule is Cc1ccc(C(=O)Nc2ccc(N3CCN(C=O)CC3)nn2)cc1C. The highest BCUT2D eigenvalue weighted by molar-refractivity contribution is 6.03. The summed E-state index contributed by atoms with van der Waals surface area (Å²) >= 11 is 0. The molecule has 2 aromatic rings. The number of rotatable bonds is 4. The van der Waals surface area contributed by atoms with Crippen molar-refractivity contribution in [3.8, 4) is 0 Å². The second kappa shape index (κ2) is 7.29. The van der Waals surface area contributed by atoms with E-state index in [9.17, 15) is 9.59 Å². The molecule has 3 rings (SSSR count). The minimum Gasteiger partial charge on any atom is -0.352 e. The van der Waals surface area contributed by atoms with E-state index < -0.39 is 0 Å². The van der Waals surface area contributed by atoms with Crippen molar-refractivity contribution in [2.24, 2.45) is 0 Å². The van der Waals surface area contributed by atoms with Gasteiger partial charge in [-0.2, -0.15) is 0 Å². The number of piperazine rings is 1. The first kappa shape index (κ1) is 16.9. The summed E-state index contributed by atoms with van der Waals surface area (Å²) in [6.45, 7) is 6.79.